The lowest BCUT2D eigenvalue weighted by atomic mass is 10.1. The average Bonchev–Trinajstić information content (AvgIpc) is 2.29. The second-order valence-electron chi connectivity index (χ2n) is 4.29. The summed E-state index contributed by atoms with van der Waals surface area (Å²) in [7, 11) is 3.53. The van der Waals surface area contributed by atoms with Crippen molar-refractivity contribution in [3.8, 4) is 0 Å². The minimum absolute atomic E-state index is 0.0914. The average molecular weight is 235 g/mol. The third kappa shape index (κ3) is 3.12. The van der Waals surface area contributed by atoms with Gasteiger partial charge in [-0.15, -0.1) is 0 Å². The predicted molar refractivity (Wildman–Crippen MR) is 72.2 cm³/mol. The molecule has 0 saturated heterocycles. The standard InChI is InChI=1S/C13H21N3O/c1-5-16(9-13(17)15(3)4)12-8-6-7-11(14)10(12)2/h6-8H,5,9,14H2,1-4H3. The zero-order chi connectivity index (χ0) is 13.0. The molecule has 0 aliphatic carbocycles. The fourth-order valence-corrected chi connectivity index (χ4v) is 1.66. The number of nitrogens with zero attached hydrogens (tertiary/aromatic N) is 2. The van der Waals surface area contributed by atoms with Gasteiger partial charge in [0.25, 0.3) is 0 Å². The number of amides is 1. The molecule has 17 heavy (non-hydrogen) atoms. The molecule has 0 heterocycles. The van der Waals surface area contributed by atoms with Crippen LogP contribution < -0.4 is 10.6 Å². The Labute approximate surface area is 103 Å². The first-order valence-corrected chi connectivity index (χ1v) is 5.77. The summed E-state index contributed by atoms with van der Waals surface area (Å²) in [6.45, 7) is 5.18. The van der Waals surface area contributed by atoms with Crippen molar-refractivity contribution in [1.29, 1.82) is 0 Å². The van der Waals surface area contributed by atoms with Crippen molar-refractivity contribution < 1.29 is 4.79 Å². The molecule has 0 bridgehead atoms. The lowest BCUT2D eigenvalue weighted by Crippen LogP contribution is -2.36. The van der Waals surface area contributed by atoms with Crippen molar-refractivity contribution >= 4 is 17.3 Å². The summed E-state index contributed by atoms with van der Waals surface area (Å²) in [6, 6.07) is 5.79. The van der Waals surface area contributed by atoms with E-state index in [1.54, 1.807) is 19.0 Å². The normalized spacial score (nSPS) is 10.1. The van der Waals surface area contributed by atoms with Crippen LogP contribution in [0.5, 0.6) is 0 Å². The lowest BCUT2D eigenvalue weighted by Gasteiger charge is -2.26. The minimum atomic E-state index is 0.0914. The molecule has 0 fully saturated rings. The summed E-state index contributed by atoms with van der Waals surface area (Å²) in [5, 5.41) is 0. The summed E-state index contributed by atoms with van der Waals surface area (Å²) < 4.78 is 0. The van der Waals surface area contributed by atoms with Crippen LogP contribution in [0.15, 0.2) is 18.2 Å². The summed E-state index contributed by atoms with van der Waals surface area (Å²) in [5.74, 6) is 0.0914. The lowest BCUT2D eigenvalue weighted by molar-refractivity contribution is -0.127. The van der Waals surface area contributed by atoms with Crippen LogP contribution in [0.25, 0.3) is 0 Å². The quantitative estimate of drug-likeness (QED) is 0.804. The fraction of sp³-hybridized carbons (Fsp3) is 0.462. The summed E-state index contributed by atoms with van der Waals surface area (Å²) in [6.07, 6.45) is 0. The smallest absolute Gasteiger partial charge is 0.241 e. The van der Waals surface area contributed by atoms with Gasteiger partial charge in [-0.3, -0.25) is 4.79 Å². The van der Waals surface area contributed by atoms with Gasteiger partial charge < -0.3 is 15.5 Å². The molecule has 1 aromatic carbocycles. The maximum absolute atomic E-state index is 11.7. The highest BCUT2D eigenvalue weighted by Crippen LogP contribution is 2.24. The van der Waals surface area contributed by atoms with Gasteiger partial charge in [-0.1, -0.05) is 6.07 Å². The maximum Gasteiger partial charge on any atom is 0.241 e. The Hall–Kier alpha value is -1.71. The number of carbonyl (C=O) groups is 1. The first-order valence-electron chi connectivity index (χ1n) is 5.77. The Balaban J connectivity index is 2.94. The van der Waals surface area contributed by atoms with Crippen molar-refractivity contribution in [2.75, 3.05) is 37.8 Å². The van der Waals surface area contributed by atoms with E-state index in [1.165, 1.54) is 0 Å². The predicted octanol–water partition coefficient (Wildman–Crippen LogP) is 1.49. The minimum Gasteiger partial charge on any atom is -0.398 e. The highest BCUT2D eigenvalue weighted by Gasteiger charge is 2.13. The van der Waals surface area contributed by atoms with Crippen LogP contribution in [0.4, 0.5) is 11.4 Å². The van der Waals surface area contributed by atoms with Gasteiger partial charge in [0.1, 0.15) is 0 Å². The molecule has 1 aromatic rings. The van der Waals surface area contributed by atoms with Crippen LogP contribution in [-0.4, -0.2) is 38.0 Å². The molecular weight excluding hydrogens is 214 g/mol. The molecule has 4 heteroatoms. The van der Waals surface area contributed by atoms with E-state index in [1.807, 2.05) is 36.9 Å². The molecule has 0 aliphatic heterocycles. The van der Waals surface area contributed by atoms with Gasteiger partial charge in [0, 0.05) is 32.0 Å². The van der Waals surface area contributed by atoms with E-state index in [-0.39, 0.29) is 5.91 Å². The highest BCUT2D eigenvalue weighted by atomic mass is 16.2. The third-order valence-electron chi connectivity index (χ3n) is 2.89. The van der Waals surface area contributed by atoms with Crippen LogP contribution in [-0.2, 0) is 4.79 Å². The number of nitrogen functional groups attached to an aromatic ring is 1. The second kappa shape index (κ2) is 5.57. The Kier molecular flexibility index (Phi) is 4.37. The number of rotatable bonds is 4. The van der Waals surface area contributed by atoms with E-state index >= 15 is 0 Å². The Morgan fingerprint density at radius 1 is 1.35 bits per heavy atom. The van der Waals surface area contributed by atoms with E-state index in [2.05, 4.69) is 0 Å². The summed E-state index contributed by atoms with van der Waals surface area (Å²) in [5.41, 5.74) is 8.70. The number of anilines is 2. The fourth-order valence-electron chi connectivity index (χ4n) is 1.66. The van der Waals surface area contributed by atoms with Crippen LogP contribution >= 0.6 is 0 Å². The Morgan fingerprint density at radius 2 is 2.00 bits per heavy atom. The Morgan fingerprint density at radius 3 is 2.53 bits per heavy atom. The number of carbonyl (C=O) groups excluding carboxylic acids is 1. The largest absolute Gasteiger partial charge is 0.398 e. The first kappa shape index (κ1) is 13.4. The molecule has 0 saturated carbocycles. The number of benzene rings is 1. The first-order chi connectivity index (χ1) is 7.97. The van der Waals surface area contributed by atoms with Gasteiger partial charge in [-0.2, -0.15) is 0 Å². The zero-order valence-corrected chi connectivity index (χ0v) is 11.0. The number of hydrogen-bond acceptors (Lipinski definition) is 3. The van der Waals surface area contributed by atoms with Gasteiger partial charge in [0.2, 0.25) is 5.91 Å². The van der Waals surface area contributed by atoms with Gasteiger partial charge in [-0.05, 0) is 31.5 Å². The number of likely N-dealkylation sites (N-methyl/N-ethyl adjacent to an activating group) is 2. The third-order valence-corrected chi connectivity index (χ3v) is 2.89. The molecule has 0 unspecified atom stereocenters. The number of hydrogen-bond donors (Lipinski definition) is 1. The van der Waals surface area contributed by atoms with E-state index in [4.69, 9.17) is 5.73 Å². The Bertz CT molecular complexity index is 402. The summed E-state index contributed by atoms with van der Waals surface area (Å²) >= 11 is 0. The van der Waals surface area contributed by atoms with Crippen LogP contribution in [0.2, 0.25) is 0 Å². The molecule has 0 aromatic heterocycles. The molecule has 4 nitrogen and oxygen atoms in total. The molecule has 0 radical (unpaired) electrons. The van der Waals surface area contributed by atoms with Gasteiger partial charge in [0.05, 0.1) is 6.54 Å². The van der Waals surface area contributed by atoms with E-state index in [0.29, 0.717) is 6.54 Å². The van der Waals surface area contributed by atoms with Crippen molar-refractivity contribution in [2.24, 2.45) is 0 Å². The van der Waals surface area contributed by atoms with Crippen molar-refractivity contribution in [3.63, 3.8) is 0 Å². The van der Waals surface area contributed by atoms with Crippen LogP contribution in [0.3, 0.4) is 0 Å². The molecule has 0 atom stereocenters. The van der Waals surface area contributed by atoms with Crippen LogP contribution in [0.1, 0.15) is 12.5 Å². The van der Waals surface area contributed by atoms with E-state index in [9.17, 15) is 4.79 Å². The molecule has 1 rings (SSSR count). The SMILES string of the molecule is CCN(CC(=O)N(C)C)c1cccc(N)c1C. The van der Waals surface area contributed by atoms with Crippen molar-refractivity contribution in [2.45, 2.75) is 13.8 Å². The van der Waals surface area contributed by atoms with Gasteiger partial charge >= 0.3 is 0 Å². The molecule has 0 aliphatic rings. The zero-order valence-electron chi connectivity index (χ0n) is 11.0. The molecule has 94 valence electrons. The monoisotopic (exact) mass is 235 g/mol. The van der Waals surface area contributed by atoms with Crippen molar-refractivity contribution in [3.05, 3.63) is 23.8 Å². The molecule has 0 spiro atoms. The molecule has 2 N–H and O–H groups in total. The number of nitrogens with two attached hydrogens (primary N) is 1. The van der Waals surface area contributed by atoms with Crippen molar-refractivity contribution in [1.82, 2.24) is 4.90 Å². The van der Waals surface area contributed by atoms with Crippen LogP contribution in [0, 0.1) is 6.92 Å². The topological polar surface area (TPSA) is 49.6 Å². The van der Waals surface area contributed by atoms with E-state index in [0.717, 1.165) is 23.5 Å². The van der Waals surface area contributed by atoms with Gasteiger partial charge in [0.15, 0.2) is 0 Å². The molecule has 1 amide bonds. The second-order valence-corrected chi connectivity index (χ2v) is 4.29. The van der Waals surface area contributed by atoms with Gasteiger partial charge in [-0.25, -0.2) is 0 Å². The van der Waals surface area contributed by atoms with E-state index < -0.39 is 0 Å². The summed E-state index contributed by atoms with van der Waals surface area (Å²) in [4.78, 5) is 15.4. The maximum atomic E-state index is 11.7. The molecular formula is C13H21N3O. The highest BCUT2D eigenvalue weighted by molar-refractivity contribution is 5.81.